The van der Waals surface area contributed by atoms with Crippen LogP contribution in [0.3, 0.4) is 0 Å². The summed E-state index contributed by atoms with van der Waals surface area (Å²) in [6, 6.07) is 23.9. The van der Waals surface area contributed by atoms with Gasteiger partial charge in [-0.2, -0.15) is 0 Å². The molecule has 0 unspecified atom stereocenters. The maximum Gasteiger partial charge on any atom is 0.166 e. The molecule has 0 aliphatic rings. The lowest BCUT2D eigenvalue weighted by atomic mass is 10.1. The van der Waals surface area contributed by atoms with E-state index >= 15 is 0 Å². The van der Waals surface area contributed by atoms with Crippen LogP contribution in [0, 0.1) is 0 Å². The summed E-state index contributed by atoms with van der Waals surface area (Å²) in [7, 11) is 1.65. The van der Waals surface area contributed by atoms with Crippen LogP contribution in [0.4, 0.5) is 0 Å². The maximum absolute atomic E-state index is 6.23. The highest BCUT2D eigenvalue weighted by Crippen LogP contribution is 2.32. The predicted octanol–water partition coefficient (Wildman–Crippen LogP) is 5.64. The molecule has 0 bridgehead atoms. The second-order valence-electron chi connectivity index (χ2n) is 5.92. The number of nitrogens with one attached hydrogen (secondary N) is 1. The van der Waals surface area contributed by atoms with E-state index in [1.807, 2.05) is 60.7 Å². The van der Waals surface area contributed by atoms with Crippen LogP contribution in [0.15, 0.2) is 72.8 Å². The molecular weight excluding hydrogens is 381 g/mol. The second-order valence-corrected chi connectivity index (χ2v) is 6.32. The first-order valence-electron chi connectivity index (χ1n) is 8.54. The van der Waals surface area contributed by atoms with Gasteiger partial charge in [-0.25, -0.2) is 0 Å². The SMILES string of the molecule is COc1cccc(CNCc2ccccc2)c1OCc1ccccc1Cl.Cl. The zero-order chi connectivity index (χ0) is 18.2. The molecule has 3 aromatic rings. The van der Waals surface area contributed by atoms with Crippen LogP contribution < -0.4 is 14.8 Å². The van der Waals surface area contributed by atoms with E-state index in [-0.39, 0.29) is 12.4 Å². The van der Waals surface area contributed by atoms with E-state index in [1.165, 1.54) is 5.56 Å². The quantitative estimate of drug-likeness (QED) is 0.527. The summed E-state index contributed by atoms with van der Waals surface area (Å²) in [6.45, 7) is 1.87. The lowest BCUT2D eigenvalue weighted by Crippen LogP contribution is -2.14. The lowest BCUT2D eigenvalue weighted by molar-refractivity contribution is 0.280. The van der Waals surface area contributed by atoms with Gasteiger partial charge in [0.25, 0.3) is 0 Å². The zero-order valence-corrected chi connectivity index (χ0v) is 16.7. The average Bonchev–Trinajstić information content (AvgIpc) is 2.68. The van der Waals surface area contributed by atoms with Gasteiger partial charge < -0.3 is 14.8 Å². The minimum Gasteiger partial charge on any atom is -0.493 e. The number of hydrogen-bond acceptors (Lipinski definition) is 3. The van der Waals surface area contributed by atoms with Gasteiger partial charge in [0.1, 0.15) is 6.61 Å². The van der Waals surface area contributed by atoms with Crippen molar-refractivity contribution in [1.82, 2.24) is 5.32 Å². The summed E-state index contributed by atoms with van der Waals surface area (Å²) >= 11 is 6.23. The largest absolute Gasteiger partial charge is 0.493 e. The number of ether oxygens (including phenoxy) is 2. The summed E-state index contributed by atoms with van der Waals surface area (Å²) in [5.41, 5.74) is 3.24. The minimum absolute atomic E-state index is 0. The fourth-order valence-electron chi connectivity index (χ4n) is 2.73. The molecule has 142 valence electrons. The van der Waals surface area contributed by atoms with Crippen molar-refractivity contribution in [2.45, 2.75) is 19.7 Å². The lowest BCUT2D eigenvalue weighted by Gasteiger charge is -2.16. The Morgan fingerprint density at radius 2 is 1.52 bits per heavy atom. The Morgan fingerprint density at radius 3 is 2.26 bits per heavy atom. The van der Waals surface area contributed by atoms with Gasteiger partial charge in [-0.1, -0.05) is 72.3 Å². The smallest absolute Gasteiger partial charge is 0.166 e. The molecule has 1 N–H and O–H groups in total. The molecule has 0 spiro atoms. The minimum atomic E-state index is 0. The average molecular weight is 404 g/mol. The van der Waals surface area contributed by atoms with Gasteiger partial charge in [-0.05, 0) is 17.7 Å². The van der Waals surface area contributed by atoms with Crippen molar-refractivity contribution in [3.63, 3.8) is 0 Å². The first kappa shape index (κ1) is 21.1. The molecule has 0 saturated carbocycles. The standard InChI is InChI=1S/C22H22ClNO2.ClH/c1-25-21-13-7-11-18(15-24-14-17-8-3-2-4-9-17)22(21)26-16-19-10-5-6-12-20(19)23;/h2-13,24H,14-16H2,1H3;1H. The van der Waals surface area contributed by atoms with Gasteiger partial charge in [0.15, 0.2) is 11.5 Å². The highest BCUT2D eigenvalue weighted by molar-refractivity contribution is 6.31. The summed E-state index contributed by atoms with van der Waals surface area (Å²) in [6.07, 6.45) is 0. The van der Waals surface area contributed by atoms with Crippen molar-refractivity contribution in [2.75, 3.05) is 7.11 Å². The Bertz CT molecular complexity index is 841. The molecule has 0 aliphatic heterocycles. The number of benzene rings is 3. The topological polar surface area (TPSA) is 30.5 Å². The zero-order valence-electron chi connectivity index (χ0n) is 15.2. The van der Waals surface area contributed by atoms with E-state index in [9.17, 15) is 0 Å². The van der Waals surface area contributed by atoms with Crippen molar-refractivity contribution < 1.29 is 9.47 Å². The summed E-state index contributed by atoms with van der Waals surface area (Å²) in [5, 5.41) is 4.16. The number of methoxy groups -OCH3 is 1. The van der Waals surface area contributed by atoms with E-state index < -0.39 is 0 Å². The van der Waals surface area contributed by atoms with Crippen LogP contribution in [-0.2, 0) is 19.7 Å². The van der Waals surface area contributed by atoms with Gasteiger partial charge in [-0.3, -0.25) is 0 Å². The molecule has 0 aliphatic carbocycles. The molecule has 0 fully saturated rings. The predicted molar refractivity (Wildman–Crippen MR) is 113 cm³/mol. The van der Waals surface area contributed by atoms with Crippen LogP contribution in [0.5, 0.6) is 11.5 Å². The van der Waals surface area contributed by atoms with Crippen molar-refractivity contribution >= 4 is 24.0 Å². The van der Waals surface area contributed by atoms with Crippen LogP contribution in [-0.4, -0.2) is 7.11 Å². The molecule has 27 heavy (non-hydrogen) atoms. The van der Waals surface area contributed by atoms with Crippen LogP contribution in [0.25, 0.3) is 0 Å². The van der Waals surface area contributed by atoms with Gasteiger partial charge in [0.2, 0.25) is 0 Å². The number of rotatable bonds is 8. The Kier molecular flexibility index (Phi) is 8.46. The molecule has 3 nitrogen and oxygen atoms in total. The summed E-state index contributed by atoms with van der Waals surface area (Å²) < 4.78 is 11.6. The molecule has 0 amide bonds. The molecule has 3 rings (SSSR count). The molecular formula is C22H23Cl2NO2. The van der Waals surface area contributed by atoms with Gasteiger partial charge in [0.05, 0.1) is 7.11 Å². The van der Waals surface area contributed by atoms with Gasteiger partial charge >= 0.3 is 0 Å². The Morgan fingerprint density at radius 1 is 0.815 bits per heavy atom. The van der Waals surface area contributed by atoms with Crippen molar-refractivity contribution in [1.29, 1.82) is 0 Å². The Hall–Kier alpha value is -2.20. The second kappa shape index (κ2) is 10.8. The molecule has 0 heterocycles. The third-order valence-electron chi connectivity index (χ3n) is 4.10. The number of hydrogen-bond donors (Lipinski definition) is 1. The van der Waals surface area contributed by atoms with Crippen LogP contribution >= 0.6 is 24.0 Å². The Balaban J connectivity index is 0.00000261. The maximum atomic E-state index is 6.23. The molecule has 0 aromatic heterocycles. The molecule has 0 atom stereocenters. The van der Waals surface area contributed by atoms with Crippen LogP contribution in [0.1, 0.15) is 16.7 Å². The molecule has 3 aromatic carbocycles. The third kappa shape index (κ3) is 5.90. The highest BCUT2D eigenvalue weighted by atomic mass is 35.5. The highest BCUT2D eigenvalue weighted by Gasteiger charge is 2.11. The van der Waals surface area contributed by atoms with Gasteiger partial charge in [-0.15, -0.1) is 12.4 Å². The van der Waals surface area contributed by atoms with E-state index in [1.54, 1.807) is 7.11 Å². The third-order valence-corrected chi connectivity index (χ3v) is 4.47. The normalized spacial score (nSPS) is 10.1. The Labute approximate surface area is 171 Å². The molecule has 5 heteroatoms. The summed E-state index contributed by atoms with van der Waals surface area (Å²) in [5.74, 6) is 1.46. The van der Waals surface area contributed by atoms with E-state index in [0.717, 1.165) is 29.2 Å². The van der Waals surface area contributed by atoms with Crippen molar-refractivity contribution in [3.8, 4) is 11.5 Å². The molecule has 0 radical (unpaired) electrons. The fraction of sp³-hybridized carbons (Fsp3) is 0.182. The number of halogens is 2. The summed E-state index contributed by atoms with van der Waals surface area (Å²) in [4.78, 5) is 0. The number of para-hydroxylation sites is 1. The monoisotopic (exact) mass is 403 g/mol. The first-order chi connectivity index (χ1) is 12.8. The molecule has 0 saturated heterocycles. The first-order valence-corrected chi connectivity index (χ1v) is 8.92. The fourth-order valence-corrected chi connectivity index (χ4v) is 2.92. The van der Waals surface area contributed by atoms with Crippen LogP contribution in [0.2, 0.25) is 5.02 Å². The van der Waals surface area contributed by atoms with E-state index in [2.05, 4.69) is 17.4 Å². The van der Waals surface area contributed by atoms with Gasteiger partial charge in [0, 0.05) is 29.2 Å². The van der Waals surface area contributed by atoms with E-state index in [4.69, 9.17) is 21.1 Å². The van der Waals surface area contributed by atoms with E-state index in [0.29, 0.717) is 18.2 Å². The van der Waals surface area contributed by atoms with Crippen molar-refractivity contribution in [3.05, 3.63) is 94.5 Å². The van der Waals surface area contributed by atoms with Crippen molar-refractivity contribution in [2.24, 2.45) is 0 Å².